The van der Waals surface area contributed by atoms with Crippen LogP contribution in [0.25, 0.3) is 0 Å². The van der Waals surface area contributed by atoms with Gasteiger partial charge in [-0.05, 0) is 43.6 Å². The van der Waals surface area contributed by atoms with Crippen molar-refractivity contribution in [2.75, 3.05) is 0 Å². The molecule has 2 unspecified atom stereocenters. The Labute approximate surface area is 113 Å². The summed E-state index contributed by atoms with van der Waals surface area (Å²) in [7, 11) is 0. The highest BCUT2D eigenvalue weighted by atomic mass is 16.1. The van der Waals surface area contributed by atoms with E-state index in [-0.39, 0.29) is 5.91 Å². The van der Waals surface area contributed by atoms with Gasteiger partial charge in [0.1, 0.15) is 0 Å². The monoisotopic (exact) mass is 262 g/mol. The van der Waals surface area contributed by atoms with Gasteiger partial charge in [0, 0.05) is 24.0 Å². The van der Waals surface area contributed by atoms with E-state index in [0.717, 1.165) is 18.5 Å². The molecule has 2 saturated carbocycles. The third-order valence-electron chi connectivity index (χ3n) is 4.61. The Kier molecular flexibility index (Phi) is 3.55. The van der Waals surface area contributed by atoms with Crippen molar-refractivity contribution >= 4 is 5.91 Å². The number of amides is 1. The summed E-state index contributed by atoms with van der Waals surface area (Å²) >= 11 is 0. The van der Waals surface area contributed by atoms with Gasteiger partial charge in [0.25, 0.3) is 0 Å². The number of hydrogen-bond acceptors (Lipinski definition) is 3. The second-order valence-electron chi connectivity index (χ2n) is 6.03. The number of carbonyl (C=O) groups excluding carboxylic acids is 1. The van der Waals surface area contributed by atoms with Crippen molar-refractivity contribution in [1.82, 2.24) is 15.5 Å². The van der Waals surface area contributed by atoms with E-state index in [4.69, 9.17) is 5.73 Å². The first-order chi connectivity index (χ1) is 9.22. The summed E-state index contributed by atoms with van der Waals surface area (Å²) in [5, 5.41) is 9.94. The number of aromatic nitrogens is 2. The number of aromatic amines is 1. The van der Waals surface area contributed by atoms with E-state index in [2.05, 4.69) is 15.5 Å². The summed E-state index contributed by atoms with van der Waals surface area (Å²) in [6.45, 7) is 0. The first kappa shape index (κ1) is 12.7. The lowest BCUT2D eigenvalue weighted by molar-refractivity contribution is -0.122. The van der Waals surface area contributed by atoms with Gasteiger partial charge in [-0.1, -0.05) is 6.42 Å². The van der Waals surface area contributed by atoms with Crippen molar-refractivity contribution in [2.45, 2.75) is 50.6 Å². The molecule has 0 radical (unpaired) electrons. The first-order valence-electron chi connectivity index (χ1n) is 7.25. The molecule has 2 bridgehead atoms. The predicted molar refractivity (Wildman–Crippen MR) is 72.3 cm³/mol. The van der Waals surface area contributed by atoms with E-state index in [1.165, 1.54) is 19.3 Å². The normalized spacial score (nSPS) is 33.9. The van der Waals surface area contributed by atoms with E-state index >= 15 is 0 Å². The molecule has 19 heavy (non-hydrogen) atoms. The lowest BCUT2D eigenvalue weighted by Gasteiger charge is -2.45. The van der Waals surface area contributed by atoms with E-state index in [1.807, 2.05) is 6.07 Å². The van der Waals surface area contributed by atoms with Crippen LogP contribution in [0.1, 0.15) is 37.8 Å². The Morgan fingerprint density at radius 1 is 1.42 bits per heavy atom. The highest BCUT2D eigenvalue weighted by Gasteiger charge is 2.39. The van der Waals surface area contributed by atoms with Crippen molar-refractivity contribution < 1.29 is 4.79 Å². The molecule has 2 fully saturated rings. The van der Waals surface area contributed by atoms with E-state index in [1.54, 1.807) is 6.20 Å². The number of H-pyrrole nitrogens is 1. The van der Waals surface area contributed by atoms with Crippen LogP contribution in [0.15, 0.2) is 12.3 Å². The molecule has 1 aromatic heterocycles. The largest absolute Gasteiger partial charge is 0.352 e. The molecule has 0 spiro atoms. The van der Waals surface area contributed by atoms with Crippen molar-refractivity contribution in [1.29, 1.82) is 0 Å². The number of hydrogen-bond donors (Lipinski definition) is 3. The summed E-state index contributed by atoms with van der Waals surface area (Å²) in [5.74, 6) is 1.25. The van der Waals surface area contributed by atoms with Crippen LogP contribution < -0.4 is 11.1 Å². The molecular weight excluding hydrogens is 240 g/mol. The first-order valence-corrected chi connectivity index (χ1v) is 7.25. The molecule has 1 aromatic rings. The number of fused-ring (bicyclic) bond motifs is 2. The third kappa shape index (κ3) is 2.81. The summed E-state index contributed by atoms with van der Waals surface area (Å²) in [5.41, 5.74) is 6.97. The van der Waals surface area contributed by atoms with Gasteiger partial charge in [0.15, 0.2) is 0 Å². The maximum absolute atomic E-state index is 12.1. The maximum Gasteiger partial charge on any atom is 0.226 e. The van der Waals surface area contributed by atoms with Gasteiger partial charge in [0.2, 0.25) is 5.91 Å². The van der Waals surface area contributed by atoms with Gasteiger partial charge in [-0.3, -0.25) is 9.89 Å². The molecular formula is C14H22N4O. The average Bonchev–Trinajstić information content (AvgIpc) is 2.83. The molecule has 3 rings (SSSR count). The molecule has 4 N–H and O–H groups in total. The number of nitrogens with one attached hydrogen (secondary N) is 2. The van der Waals surface area contributed by atoms with Crippen LogP contribution in [0.4, 0.5) is 0 Å². The topological polar surface area (TPSA) is 83.8 Å². The van der Waals surface area contributed by atoms with Crippen molar-refractivity contribution in [3.8, 4) is 0 Å². The Bertz CT molecular complexity index is 417. The van der Waals surface area contributed by atoms with E-state index < -0.39 is 0 Å². The minimum Gasteiger partial charge on any atom is -0.352 e. The Balaban J connectivity index is 1.61. The van der Waals surface area contributed by atoms with Crippen LogP contribution in [0.5, 0.6) is 0 Å². The molecule has 0 aromatic carbocycles. The molecule has 104 valence electrons. The van der Waals surface area contributed by atoms with Crippen LogP contribution in [0.3, 0.4) is 0 Å². The zero-order chi connectivity index (χ0) is 13.2. The number of nitrogens with zero attached hydrogens (tertiary/aromatic N) is 1. The summed E-state index contributed by atoms with van der Waals surface area (Å²) < 4.78 is 0. The molecule has 2 atom stereocenters. The summed E-state index contributed by atoms with van der Waals surface area (Å²) in [4.78, 5) is 12.1. The van der Waals surface area contributed by atoms with Crippen molar-refractivity contribution in [3.05, 3.63) is 18.0 Å². The Morgan fingerprint density at radius 2 is 2.16 bits per heavy atom. The molecule has 5 heteroatoms. The zero-order valence-electron chi connectivity index (χ0n) is 11.1. The maximum atomic E-state index is 12.1. The standard InChI is InChI=1S/C14H22N4O/c15-11-6-9-2-1-3-10(7-11)14(9)17-13(19)8-12-4-5-16-18-12/h4-5,9-11,14H,1-3,6-8,15H2,(H,16,18)(H,17,19). The van der Waals surface area contributed by atoms with Gasteiger partial charge >= 0.3 is 0 Å². The molecule has 2 aliphatic carbocycles. The molecule has 0 aliphatic heterocycles. The lowest BCUT2D eigenvalue weighted by atomic mass is 9.67. The van der Waals surface area contributed by atoms with Crippen LogP contribution in [0.2, 0.25) is 0 Å². The van der Waals surface area contributed by atoms with Crippen LogP contribution in [-0.4, -0.2) is 28.2 Å². The Hall–Kier alpha value is -1.36. The minimum absolute atomic E-state index is 0.0987. The minimum atomic E-state index is 0.0987. The van der Waals surface area contributed by atoms with Gasteiger partial charge in [-0.2, -0.15) is 5.10 Å². The molecule has 1 heterocycles. The fourth-order valence-corrected chi connectivity index (χ4v) is 3.82. The zero-order valence-corrected chi connectivity index (χ0v) is 11.1. The number of carbonyl (C=O) groups is 1. The molecule has 2 aliphatic rings. The van der Waals surface area contributed by atoms with Gasteiger partial charge < -0.3 is 11.1 Å². The highest BCUT2D eigenvalue weighted by molar-refractivity contribution is 5.78. The summed E-state index contributed by atoms with van der Waals surface area (Å²) in [6, 6.07) is 2.51. The number of rotatable bonds is 3. The van der Waals surface area contributed by atoms with Gasteiger partial charge in [-0.25, -0.2) is 0 Å². The average molecular weight is 262 g/mol. The molecule has 0 saturated heterocycles. The second kappa shape index (κ2) is 5.33. The van der Waals surface area contributed by atoms with Gasteiger partial charge in [0.05, 0.1) is 6.42 Å². The smallest absolute Gasteiger partial charge is 0.226 e. The Morgan fingerprint density at radius 3 is 2.79 bits per heavy atom. The number of nitrogens with two attached hydrogens (primary N) is 1. The fraction of sp³-hybridized carbons (Fsp3) is 0.714. The van der Waals surface area contributed by atoms with E-state index in [9.17, 15) is 4.79 Å². The fourth-order valence-electron chi connectivity index (χ4n) is 3.82. The molecule has 1 amide bonds. The van der Waals surface area contributed by atoms with Crippen LogP contribution >= 0.6 is 0 Å². The highest BCUT2D eigenvalue weighted by Crippen LogP contribution is 2.39. The van der Waals surface area contributed by atoms with Gasteiger partial charge in [-0.15, -0.1) is 0 Å². The van der Waals surface area contributed by atoms with Crippen molar-refractivity contribution in [2.24, 2.45) is 17.6 Å². The quantitative estimate of drug-likeness (QED) is 0.759. The summed E-state index contributed by atoms with van der Waals surface area (Å²) in [6.07, 6.45) is 7.89. The van der Waals surface area contributed by atoms with Crippen LogP contribution in [0, 0.1) is 11.8 Å². The third-order valence-corrected chi connectivity index (χ3v) is 4.61. The predicted octanol–water partition coefficient (Wildman–Crippen LogP) is 0.974. The lowest BCUT2D eigenvalue weighted by Crippen LogP contribution is -2.54. The van der Waals surface area contributed by atoms with Crippen molar-refractivity contribution in [3.63, 3.8) is 0 Å². The van der Waals surface area contributed by atoms with Crippen LogP contribution in [-0.2, 0) is 11.2 Å². The van der Waals surface area contributed by atoms with E-state index in [0.29, 0.717) is 30.3 Å². The second-order valence-corrected chi connectivity index (χ2v) is 6.03. The molecule has 5 nitrogen and oxygen atoms in total. The SMILES string of the molecule is NC1CC2CCCC(C1)C2NC(=O)Cc1ccn[nH]1.